The van der Waals surface area contributed by atoms with E-state index in [9.17, 15) is 0 Å². The minimum Gasteiger partial charge on any atom is -0.354 e. The normalized spacial score (nSPS) is 19.7. The maximum absolute atomic E-state index is 6.23. The van der Waals surface area contributed by atoms with Gasteiger partial charge in [0.15, 0.2) is 0 Å². The van der Waals surface area contributed by atoms with Gasteiger partial charge in [0.05, 0.1) is 5.02 Å². The first-order valence-electron chi connectivity index (χ1n) is 7.34. The largest absolute Gasteiger partial charge is 0.354 e. The van der Waals surface area contributed by atoms with Crippen molar-refractivity contribution in [3.8, 4) is 0 Å². The molecule has 1 aliphatic heterocycles. The lowest BCUT2D eigenvalue weighted by Gasteiger charge is -2.34. The molecule has 2 rings (SSSR count). The van der Waals surface area contributed by atoms with Crippen molar-refractivity contribution < 1.29 is 0 Å². The second-order valence-electron chi connectivity index (χ2n) is 5.35. The van der Waals surface area contributed by atoms with Crippen molar-refractivity contribution in [1.29, 1.82) is 0 Å². The third-order valence-corrected chi connectivity index (χ3v) is 4.10. The Morgan fingerprint density at radius 2 is 2.32 bits per heavy atom. The molecule has 2 heterocycles. The van der Waals surface area contributed by atoms with Crippen molar-refractivity contribution in [3.63, 3.8) is 0 Å². The Morgan fingerprint density at radius 3 is 3.05 bits per heavy atom. The molecule has 1 aromatic rings. The molecule has 3 nitrogen and oxygen atoms in total. The zero-order chi connectivity index (χ0) is 13.7. The summed E-state index contributed by atoms with van der Waals surface area (Å²) < 4.78 is 0. The van der Waals surface area contributed by atoms with Crippen LogP contribution in [0.15, 0.2) is 12.3 Å². The lowest BCUT2D eigenvalue weighted by atomic mass is 10.0. The van der Waals surface area contributed by atoms with Crippen LogP contribution in [0.2, 0.25) is 5.02 Å². The summed E-state index contributed by atoms with van der Waals surface area (Å²) in [4.78, 5) is 6.91. The fourth-order valence-electron chi connectivity index (χ4n) is 2.60. The molecule has 19 heavy (non-hydrogen) atoms. The molecule has 0 radical (unpaired) electrons. The van der Waals surface area contributed by atoms with Crippen molar-refractivity contribution in [3.05, 3.63) is 22.8 Å². The number of hydrogen-bond donors (Lipinski definition) is 1. The number of hydrogen-bond acceptors (Lipinski definition) is 3. The number of anilines is 1. The SMILES string of the molecule is CCCNCc1cc(N2CCCCC2C)ncc1Cl. The maximum atomic E-state index is 6.23. The first kappa shape index (κ1) is 14.6. The highest BCUT2D eigenvalue weighted by molar-refractivity contribution is 6.31. The Hall–Kier alpha value is -0.800. The van der Waals surface area contributed by atoms with Crippen molar-refractivity contribution in [2.75, 3.05) is 18.0 Å². The number of nitrogens with one attached hydrogen (secondary N) is 1. The molecule has 0 bridgehead atoms. The Balaban J connectivity index is 2.10. The van der Waals surface area contributed by atoms with Gasteiger partial charge in [0.25, 0.3) is 0 Å². The van der Waals surface area contributed by atoms with Gasteiger partial charge in [-0.25, -0.2) is 4.98 Å². The number of nitrogens with zero attached hydrogens (tertiary/aromatic N) is 2. The van der Waals surface area contributed by atoms with E-state index >= 15 is 0 Å². The van der Waals surface area contributed by atoms with Crippen LogP contribution in [-0.2, 0) is 6.54 Å². The van der Waals surface area contributed by atoms with Crippen LogP contribution in [0.25, 0.3) is 0 Å². The smallest absolute Gasteiger partial charge is 0.129 e. The summed E-state index contributed by atoms with van der Waals surface area (Å²) in [5.41, 5.74) is 1.15. The van der Waals surface area contributed by atoms with E-state index < -0.39 is 0 Å². The lowest BCUT2D eigenvalue weighted by molar-refractivity contribution is 0.481. The van der Waals surface area contributed by atoms with E-state index in [1.807, 2.05) is 0 Å². The monoisotopic (exact) mass is 281 g/mol. The standard InChI is InChI=1S/C15H24ClN3/c1-3-7-17-10-13-9-15(18-11-14(13)16)19-8-5-4-6-12(19)2/h9,11-12,17H,3-8,10H2,1-2H3. The molecular formula is C15H24ClN3. The van der Waals surface area contributed by atoms with Crippen LogP contribution in [0.3, 0.4) is 0 Å². The average molecular weight is 282 g/mol. The van der Waals surface area contributed by atoms with Crippen molar-refractivity contribution in [2.45, 2.75) is 52.1 Å². The predicted molar refractivity (Wildman–Crippen MR) is 81.9 cm³/mol. The highest BCUT2D eigenvalue weighted by atomic mass is 35.5. The maximum Gasteiger partial charge on any atom is 0.129 e. The average Bonchev–Trinajstić information content (AvgIpc) is 2.42. The van der Waals surface area contributed by atoms with Gasteiger partial charge in [0.1, 0.15) is 5.82 Å². The van der Waals surface area contributed by atoms with Crippen molar-refractivity contribution in [1.82, 2.24) is 10.3 Å². The minimum atomic E-state index is 0.582. The Labute approximate surface area is 121 Å². The second kappa shape index (κ2) is 7.11. The summed E-state index contributed by atoms with van der Waals surface area (Å²) >= 11 is 6.23. The molecule has 1 saturated heterocycles. The molecule has 0 saturated carbocycles. The van der Waals surface area contributed by atoms with Gasteiger partial charge in [-0.2, -0.15) is 0 Å². The molecule has 1 N–H and O–H groups in total. The van der Waals surface area contributed by atoms with E-state index in [0.717, 1.165) is 42.5 Å². The Bertz CT molecular complexity index is 408. The summed E-state index contributed by atoms with van der Waals surface area (Å²) in [6.07, 6.45) is 6.78. The molecule has 1 atom stereocenters. The summed E-state index contributed by atoms with van der Waals surface area (Å²) in [5, 5.41) is 4.16. The van der Waals surface area contributed by atoms with Crippen LogP contribution in [0.5, 0.6) is 0 Å². The van der Waals surface area contributed by atoms with Gasteiger partial charge in [-0.3, -0.25) is 0 Å². The van der Waals surface area contributed by atoms with E-state index in [1.165, 1.54) is 19.3 Å². The highest BCUT2D eigenvalue weighted by Gasteiger charge is 2.20. The zero-order valence-electron chi connectivity index (χ0n) is 12.0. The van der Waals surface area contributed by atoms with Gasteiger partial charge in [0.2, 0.25) is 0 Å². The molecule has 0 aliphatic carbocycles. The Morgan fingerprint density at radius 1 is 1.47 bits per heavy atom. The predicted octanol–water partition coefficient (Wildman–Crippen LogP) is 3.61. The van der Waals surface area contributed by atoms with Crippen molar-refractivity contribution >= 4 is 17.4 Å². The number of rotatable bonds is 5. The third kappa shape index (κ3) is 3.83. The number of aromatic nitrogens is 1. The number of piperidine rings is 1. The highest BCUT2D eigenvalue weighted by Crippen LogP contribution is 2.26. The van der Waals surface area contributed by atoms with Crippen LogP contribution in [0, 0.1) is 0 Å². The van der Waals surface area contributed by atoms with Crippen molar-refractivity contribution in [2.24, 2.45) is 0 Å². The van der Waals surface area contributed by atoms with Gasteiger partial charge in [-0.1, -0.05) is 18.5 Å². The van der Waals surface area contributed by atoms with Gasteiger partial charge in [0, 0.05) is 25.3 Å². The topological polar surface area (TPSA) is 28.2 Å². The van der Waals surface area contributed by atoms with Gasteiger partial charge in [-0.05, 0) is 50.8 Å². The second-order valence-corrected chi connectivity index (χ2v) is 5.76. The molecule has 1 fully saturated rings. The van der Waals surface area contributed by atoms with Gasteiger partial charge in [-0.15, -0.1) is 0 Å². The summed E-state index contributed by atoms with van der Waals surface area (Å²) in [6.45, 7) is 7.41. The molecule has 0 amide bonds. The van der Waals surface area contributed by atoms with E-state index in [0.29, 0.717) is 6.04 Å². The summed E-state index contributed by atoms with van der Waals surface area (Å²) in [7, 11) is 0. The lowest BCUT2D eigenvalue weighted by Crippen LogP contribution is -2.38. The molecule has 0 aromatic carbocycles. The van der Waals surface area contributed by atoms with Crippen LogP contribution in [0.1, 0.15) is 45.1 Å². The Kier molecular flexibility index (Phi) is 5.46. The molecule has 1 aromatic heterocycles. The van der Waals surface area contributed by atoms with Crippen LogP contribution >= 0.6 is 11.6 Å². The number of pyridine rings is 1. The van der Waals surface area contributed by atoms with Crippen LogP contribution < -0.4 is 10.2 Å². The van der Waals surface area contributed by atoms with Gasteiger partial charge < -0.3 is 10.2 Å². The summed E-state index contributed by atoms with van der Waals surface area (Å²) in [6, 6.07) is 2.73. The molecule has 0 spiro atoms. The number of halogens is 1. The molecular weight excluding hydrogens is 258 g/mol. The first-order chi connectivity index (χ1) is 9.22. The quantitative estimate of drug-likeness (QED) is 0.836. The fraction of sp³-hybridized carbons (Fsp3) is 0.667. The van der Waals surface area contributed by atoms with Crippen LogP contribution in [-0.4, -0.2) is 24.1 Å². The summed E-state index contributed by atoms with van der Waals surface area (Å²) in [5.74, 6) is 1.07. The molecule has 1 aliphatic rings. The zero-order valence-corrected chi connectivity index (χ0v) is 12.7. The molecule has 106 valence electrons. The third-order valence-electron chi connectivity index (χ3n) is 3.76. The first-order valence-corrected chi connectivity index (χ1v) is 7.72. The van der Waals surface area contributed by atoms with E-state index in [4.69, 9.17) is 11.6 Å². The minimum absolute atomic E-state index is 0.582. The molecule has 1 unspecified atom stereocenters. The van der Waals surface area contributed by atoms with E-state index in [1.54, 1.807) is 6.20 Å². The molecule has 4 heteroatoms. The van der Waals surface area contributed by atoms with E-state index in [-0.39, 0.29) is 0 Å². The fourth-order valence-corrected chi connectivity index (χ4v) is 2.77. The van der Waals surface area contributed by atoms with Gasteiger partial charge >= 0.3 is 0 Å². The van der Waals surface area contributed by atoms with E-state index in [2.05, 4.69) is 35.1 Å². The van der Waals surface area contributed by atoms with Crippen LogP contribution in [0.4, 0.5) is 5.82 Å².